The van der Waals surface area contributed by atoms with Crippen molar-refractivity contribution in [3.8, 4) is 11.5 Å². The maximum atomic E-state index is 13.6. The third-order valence-corrected chi connectivity index (χ3v) is 11.9. The Labute approximate surface area is 344 Å². The molecule has 17 heteroatoms. The number of hydrogen-bond donors (Lipinski definition) is 8. The number of oxime groups is 1. The Morgan fingerprint density at radius 1 is 0.895 bits per heavy atom. The molecule has 0 radical (unpaired) electrons. The summed E-state index contributed by atoms with van der Waals surface area (Å²) in [5.74, 6) is -0.0494. The summed E-state index contributed by atoms with van der Waals surface area (Å²) >= 11 is 3.41. The first-order chi connectivity index (χ1) is 27.0. The number of amides is 5. The van der Waals surface area contributed by atoms with Crippen LogP contribution in [0.5, 0.6) is 11.5 Å². The van der Waals surface area contributed by atoms with Crippen molar-refractivity contribution < 1.29 is 34.3 Å². The number of nitrogens with zero attached hydrogens (tertiary/aromatic N) is 3. The smallest absolute Gasteiger partial charge is 0.328 e. The van der Waals surface area contributed by atoms with Gasteiger partial charge in [0.25, 0.3) is 11.8 Å². The van der Waals surface area contributed by atoms with Crippen LogP contribution in [0.4, 0.5) is 4.79 Å². The van der Waals surface area contributed by atoms with Gasteiger partial charge >= 0.3 is 6.03 Å². The highest BCUT2D eigenvalue weighted by Crippen LogP contribution is 2.34. The normalized spacial score (nSPS) is 18.1. The van der Waals surface area contributed by atoms with Crippen molar-refractivity contribution in [2.45, 2.75) is 89.9 Å². The second kappa shape index (κ2) is 20.6. The van der Waals surface area contributed by atoms with E-state index in [0.717, 1.165) is 30.3 Å². The summed E-state index contributed by atoms with van der Waals surface area (Å²) in [7, 11) is 0. The fraction of sp³-hybridized carbons (Fsp3) is 0.575. The van der Waals surface area contributed by atoms with E-state index in [1.165, 1.54) is 0 Å². The molecule has 314 valence electrons. The van der Waals surface area contributed by atoms with Crippen molar-refractivity contribution >= 4 is 45.4 Å². The van der Waals surface area contributed by atoms with Crippen molar-refractivity contribution in [3.63, 3.8) is 0 Å². The molecule has 2 heterocycles. The molecule has 2 aliphatic heterocycles. The summed E-state index contributed by atoms with van der Waals surface area (Å²) in [6.07, 6.45) is 2.80. The Bertz CT molecular complexity index is 1680. The maximum absolute atomic E-state index is 13.6. The monoisotopic (exact) mass is 857 g/mol. The third kappa shape index (κ3) is 12.3. The first-order valence-corrected chi connectivity index (χ1v) is 20.3. The Morgan fingerprint density at radius 3 is 2.00 bits per heavy atom. The number of hydrogen-bond acceptors (Lipinski definition) is 13. The van der Waals surface area contributed by atoms with Crippen molar-refractivity contribution in [1.29, 1.82) is 0 Å². The molecule has 0 bridgehead atoms. The van der Waals surface area contributed by atoms with Crippen LogP contribution in [-0.2, 0) is 19.9 Å². The molecule has 2 aromatic rings. The highest BCUT2D eigenvalue weighted by atomic mass is 79.9. The lowest BCUT2D eigenvalue weighted by molar-refractivity contribution is -0.150. The minimum absolute atomic E-state index is 0.0567. The molecule has 57 heavy (non-hydrogen) atoms. The van der Waals surface area contributed by atoms with Gasteiger partial charge in [-0.3, -0.25) is 29.9 Å². The van der Waals surface area contributed by atoms with Gasteiger partial charge in [-0.2, -0.15) is 0 Å². The molecule has 0 aromatic heterocycles. The van der Waals surface area contributed by atoms with Gasteiger partial charge in [-0.15, -0.1) is 0 Å². The van der Waals surface area contributed by atoms with Crippen LogP contribution in [0.3, 0.4) is 0 Å². The molecule has 2 unspecified atom stereocenters. The highest BCUT2D eigenvalue weighted by Gasteiger charge is 2.56. The molecule has 2 saturated heterocycles. The van der Waals surface area contributed by atoms with Crippen LogP contribution in [0.15, 0.2) is 58.2 Å². The first-order valence-electron chi connectivity index (χ1n) is 19.6. The van der Waals surface area contributed by atoms with Gasteiger partial charge in [-0.05, 0) is 122 Å². The van der Waals surface area contributed by atoms with E-state index in [4.69, 9.17) is 4.74 Å². The van der Waals surface area contributed by atoms with Crippen LogP contribution in [0.2, 0.25) is 0 Å². The van der Waals surface area contributed by atoms with Gasteiger partial charge in [-0.25, -0.2) is 10.3 Å². The maximum Gasteiger partial charge on any atom is 0.328 e. The minimum atomic E-state index is -1.76. The Balaban J connectivity index is 1.30. The summed E-state index contributed by atoms with van der Waals surface area (Å²) in [6.45, 7) is 15.9. The van der Waals surface area contributed by atoms with Crippen LogP contribution in [0, 0.1) is 5.92 Å². The molecule has 2 atom stereocenters. The highest BCUT2D eigenvalue weighted by molar-refractivity contribution is 9.10. The number of hydroxylamine groups is 1. The van der Waals surface area contributed by atoms with E-state index < -0.39 is 28.9 Å². The number of benzene rings is 2. The molecule has 2 aliphatic rings. The second-order valence-electron chi connectivity index (χ2n) is 15.9. The average Bonchev–Trinajstić information content (AvgIpc) is 3.17. The molecule has 0 aliphatic carbocycles. The number of carbonyl (C=O) groups excluding carboxylic acids is 4. The van der Waals surface area contributed by atoms with E-state index in [1.807, 2.05) is 58.9 Å². The summed E-state index contributed by atoms with van der Waals surface area (Å²) in [5.41, 5.74) is 0.775. The van der Waals surface area contributed by atoms with Crippen molar-refractivity contribution in [3.05, 3.63) is 58.6 Å². The van der Waals surface area contributed by atoms with Crippen LogP contribution in [0.25, 0.3) is 0 Å². The Morgan fingerprint density at radius 2 is 1.44 bits per heavy atom. The molecule has 16 nitrogen and oxygen atoms in total. The van der Waals surface area contributed by atoms with Crippen LogP contribution in [-0.4, -0.2) is 119 Å². The number of halogens is 1. The number of rotatable bonds is 21. The van der Waals surface area contributed by atoms with Crippen molar-refractivity contribution in [1.82, 2.24) is 41.9 Å². The van der Waals surface area contributed by atoms with Gasteiger partial charge in [0.2, 0.25) is 11.4 Å². The second-order valence-corrected chi connectivity index (χ2v) is 16.8. The zero-order valence-electron chi connectivity index (χ0n) is 33.9. The molecule has 8 N–H and O–H groups in total. The van der Waals surface area contributed by atoms with E-state index >= 15 is 0 Å². The number of barbiturate groups is 1. The SMILES string of the molecule is CC(=NO)C(C)(C)NCCC(CCNC(=O)CCN1CCN(C2(c3ccc(Oc4ccc(Br)cc4)cc3)C(=O)NC(=O)NC2=O)CC1)CCNC(C)(C)C(C)NO. The lowest BCUT2D eigenvalue weighted by atomic mass is 9.84. The largest absolute Gasteiger partial charge is 0.457 e. The summed E-state index contributed by atoms with van der Waals surface area (Å²) < 4.78 is 6.86. The number of nitrogens with one attached hydrogen (secondary N) is 6. The Kier molecular flexibility index (Phi) is 16.6. The number of piperazine rings is 1. The number of carbonyl (C=O) groups is 4. The van der Waals surface area contributed by atoms with Crippen LogP contribution < -0.4 is 36.8 Å². The van der Waals surface area contributed by atoms with Gasteiger partial charge < -0.3 is 36.0 Å². The van der Waals surface area contributed by atoms with Gasteiger partial charge in [0.1, 0.15) is 11.5 Å². The Hall–Kier alpha value is -3.97. The molecule has 0 spiro atoms. The number of imide groups is 2. The predicted octanol–water partition coefficient (Wildman–Crippen LogP) is 3.67. The zero-order chi connectivity index (χ0) is 41.8. The van der Waals surface area contributed by atoms with E-state index in [-0.39, 0.29) is 17.5 Å². The summed E-state index contributed by atoms with van der Waals surface area (Å²) in [6, 6.07) is 13.1. The standard InChI is InChI=1S/C40H60BrN9O7/c1-27(47-55)38(3,4)43-20-16-29(17-21-44-39(5,6)28(2)48-56)15-19-42-34(51)18-22-49-23-25-50(26-24-49)40(35(52)45-37(54)46-36(40)53)30-7-11-32(12-8-30)57-33-13-9-31(41)10-14-33/h7-14,27,29,43-44,47,55-56H,15-26H2,1-6H3,(H,42,51)(H2,45,46,52,53,54). The molecular formula is C40H60BrN9O7. The van der Waals surface area contributed by atoms with E-state index in [9.17, 15) is 29.6 Å². The van der Waals surface area contributed by atoms with E-state index in [0.29, 0.717) is 80.9 Å². The van der Waals surface area contributed by atoms with E-state index in [1.54, 1.807) is 36.1 Å². The minimum Gasteiger partial charge on any atom is -0.457 e. The molecular weight excluding hydrogens is 798 g/mol. The molecule has 0 saturated carbocycles. The number of urea groups is 1. The van der Waals surface area contributed by atoms with Gasteiger partial charge in [0.05, 0.1) is 11.3 Å². The quantitative estimate of drug-likeness (QED) is 0.0392. The number of ether oxygens (including phenoxy) is 1. The van der Waals surface area contributed by atoms with Crippen molar-refractivity contribution in [2.75, 3.05) is 52.4 Å². The lowest BCUT2D eigenvalue weighted by Crippen LogP contribution is -2.72. The zero-order valence-corrected chi connectivity index (χ0v) is 35.5. The van der Waals surface area contributed by atoms with Gasteiger partial charge in [0, 0.05) is 61.7 Å². The van der Waals surface area contributed by atoms with Gasteiger partial charge in [0.15, 0.2) is 0 Å². The summed E-state index contributed by atoms with van der Waals surface area (Å²) in [5, 5.41) is 36.7. The van der Waals surface area contributed by atoms with Gasteiger partial charge in [-0.1, -0.05) is 33.2 Å². The van der Waals surface area contributed by atoms with E-state index in [2.05, 4.69) is 58.0 Å². The van der Waals surface area contributed by atoms with Crippen LogP contribution >= 0.6 is 15.9 Å². The van der Waals surface area contributed by atoms with Crippen LogP contribution in [0.1, 0.15) is 72.8 Å². The predicted molar refractivity (Wildman–Crippen MR) is 220 cm³/mol. The fourth-order valence-corrected chi connectivity index (χ4v) is 7.18. The lowest BCUT2D eigenvalue weighted by Gasteiger charge is -2.46. The summed E-state index contributed by atoms with van der Waals surface area (Å²) in [4.78, 5) is 56.3. The average molecular weight is 859 g/mol. The topological polar surface area (TPSA) is 209 Å². The molecule has 5 amide bonds. The van der Waals surface area contributed by atoms with Crippen molar-refractivity contribution in [2.24, 2.45) is 11.1 Å². The third-order valence-electron chi connectivity index (χ3n) is 11.4. The first kappa shape index (κ1) is 45.7. The fourth-order valence-electron chi connectivity index (χ4n) is 6.91. The molecule has 4 rings (SSSR count). The molecule has 2 fully saturated rings. The molecule has 2 aromatic carbocycles.